The predicted octanol–water partition coefficient (Wildman–Crippen LogP) is 3.75. The summed E-state index contributed by atoms with van der Waals surface area (Å²) in [6.07, 6.45) is 0.909. The van der Waals surface area contributed by atoms with Crippen LogP contribution in [0.3, 0.4) is 0 Å². The largest absolute Gasteiger partial charge is 0.297 e. The number of carbonyl (C=O) groups excluding carboxylic acids is 1. The molecule has 0 saturated carbocycles. The minimum absolute atomic E-state index is 0.238. The Hall–Kier alpha value is -1.16. The molecule has 2 heterocycles. The molecule has 0 amide bonds. The quantitative estimate of drug-likeness (QED) is 0.779. The number of nitrogens with zero attached hydrogens (tertiary/aromatic N) is 1. The van der Waals surface area contributed by atoms with E-state index in [1.165, 1.54) is 28.0 Å². The highest BCUT2D eigenvalue weighted by molar-refractivity contribution is 7.11. The number of carbonyl (C=O) groups is 1. The predicted molar refractivity (Wildman–Crippen MR) is 74.5 cm³/mol. The van der Waals surface area contributed by atoms with Gasteiger partial charge in [0.15, 0.2) is 6.29 Å². The second-order valence-corrected chi connectivity index (χ2v) is 5.94. The van der Waals surface area contributed by atoms with Crippen molar-refractivity contribution in [2.45, 2.75) is 12.6 Å². The summed E-state index contributed by atoms with van der Waals surface area (Å²) in [4.78, 5) is 13.8. The number of hydrogen-bond acceptors (Lipinski definition) is 3. The number of benzene rings is 1. The van der Waals surface area contributed by atoms with Crippen LogP contribution in [0.15, 0.2) is 29.6 Å². The van der Waals surface area contributed by atoms with E-state index in [0.29, 0.717) is 0 Å². The van der Waals surface area contributed by atoms with Crippen molar-refractivity contribution < 1.29 is 4.79 Å². The Labute approximate surface area is 115 Å². The molecule has 0 N–H and O–H groups in total. The first-order valence-corrected chi connectivity index (χ1v) is 6.97. The fraction of sp³-hybridized carbons (Fsp3) is 0.214. The van der Waals surface area contributed by atoms with Crippen LogP contribution in [0.2, 0.25) is 5.02 Å². The summed E-state index contributed by atoms with van der Waals surface area (Å²) in [5.41, 5.74) is 3.75. The molecule has 0 saturated heterocycles. The lowest BCUT2D eigenvalue weighted by Gasteiger charge is -2.19. The summed E-state index contributed by atoms with van der Waals surface area (Å²) in [5, 5.41) is 2.84. The molecule has 1 atom stereocenters. The van der Waals surface area contributed by atoms with Crippen molar-refractivity contribution >= 4 is 29.2 Å². The lowest BCUT2D eigenvalue weighted by molar-refractivity contribution is 0.112. The van der Waals surface area contributed by atoms with Gasteiger partial charge in [0.1, 0.15) is 0 Å². The van der Waals surface area contributed by atoms with Crippen molar-refractivity contribution in [3.05, 3.63) is 56.2 Å². The van der Waals surface area contributed by atoms with Crippen LogP contribution in [-0.4, -0.2) is 18.2 Å². The summed E-state index contributed by atoms with van der Waals surface area (Å²) >= 11 is 7.52. The van der Waals surface area contributed by atoms with E-state index in [-0.39, 0.29) is 6.04 Å². The van der Waals surface area contributed by atoms with Crippen molar-refractivity contribution in [1.82, 2.24) is 4.90 Å². The standard InChI is InChI=1S/C14H12ClNOS/c1-16-6-9-4-11(15)2-3-13(9)14(16)10-5-12(7-17)18-8-10/h2-5,7-8,14H,6H2,1H3. The van der Waals surface area contributed by atoms with Gasteiger partial charge in [0, 0.05) is 11.6 Å². The highest BCUT2D eigenvalue weighted by Crippen LogP contribution is 2.39. The summed E-state index contributed by atoms with van der Waals surface area (Å²) in [6.45, 7) is 0.896. The van der Waals surface area contributed by atoms with Crippen molar-refractivity contribution in [2.24, 2.45) is 0 Å². The minimum Gasteiger partial charge on any atom is -0.297 e. The number of halogens is 1. The maximum absolute atomic E-state index is 10.8. The number of thiophene rings is 1. The van der Waals surface area contributed by atoms with Crippen LogP contribution in [0.4, 0.5) is 0 Å². The SMILES string of the molecule is CN1Cc2cc(Cl)ccc2C1c1csc(C=O)c1. The molecule has 0 aliphatic carbocycles. The van der Waals surface area contributed by atoms with Crippen LogP contribution in [0, 0.1) is 0 Å². The number of hydrogen-bond donors (Lipinski definition) is 0. The average Bonchev–Trinajstić information content (AvgIpc) is 2.91. The molecular weight excluding hydrogens is 266 g/mol. The molecule has 1 aliphatic rings. The zero-order valence-electron chi connectivity index (χ0n) is 9.89. The highest BCUT2D eigenvalue weighted by atomic mass is 35.5. The summed E-state index contributed by atoms with van der Waals surface area (Å²) in [7, 11) is 2.09. The molecule has 18 heavy (non-hydrogen) atoms. The molecule has 0 radical (unpaired) electrons. The monoisotopic (exact) mass is 277 g/mol. The van der Waals surface area contributed by atoms with E-state index < -0.39 is 0 Å². The van der Waals surface area contributed by atoms with Gasteiger partial charge in [-0.3, -0.25) is 9.69 Å². The van der Waals surface area contributed by atoms with E-state index in [2.05, 4.69) is 23.4 Å². The number of rotatable bonds is 2. The molecule has 3 rings (SSSR count). The van der Waals surface area contributed by atoms with Crippen LogP contribution in [-0.2, 0) is 6.54 Å². The van der Waals surface area contributed by atoms with E-state index in [0.717, 1.165) is 22.7 Å². The lowest BCUT2D eigenvalue weighted by Crippen LogP contribution is -2.16. The van der Waals surface area contributed by atoms with Crippen LogP contribution in [0.25, 0.3) is 0 Å². The molecule has 1 aliphatic heterocycles. The second kappa shape index (κ2) is 4.50. The van der Waals surface area contributed by atoms with Crippen molar-refractivity contribution in [1.29, 1.82) is 0 Å². The van der Waals surface area contributed by atoms with E-state index >= 15 is 0 Å². The van der Waals surface area contributed by atoms with E-state index in [4.69, 9.17) is 11.6 Å². The molecule has 0 bridgehead atoms. The molecule has 2 nitrogen and oxygen atoms in total. The Morgan fingerprint density at radius 3 is 3.00 bits per heavy atom. The highest BCUT2D eigenvalue weighted by Gasteiger charge is 2.29. The van der Waals surface area contributed by atoms with Gasteiger partial charge in [-0.05, 0) is 47.3 Å². The molecule has 4 heteroatoms. The molecule has 2 aromatic rings. The van der Waals surface area contributed by atoms with Gasteiger partial charge in [-0.1, -0.05) is 17.7 Å². The topological polar surface area (TPSA) is 20.3 Å². The molecule has 92 valence electrons. The average molecular weight is 278 g/mol. The summed E-state index contributed by atoms with van der Waals surface area (Å²) in [6, 6.07) is 8.26. The third-order valence-electron chi connectivity index (χ3n) is 3.33. The third kappa shape index (κ3) is 1.88. The Balaban J connectivity index is 2.05. The zero-order chi connectivity index (χ0) is 12.7. The summed E-state index contributed by atoms with van der Waals surface area (Å²) in [5.74, 6) is 0. The third-order valence-corrected chi connectivity index (χ3v) is 4.44. The normalized spacial score (nSPS) is 18.9. The van der Waals surface area contributed by atoms with Crippen LogP contribution in [0.5, 0.6) is 0 Å². The Morgan fingerprint density at radius 1 is 1.44 bits per heavy atom. The van der Waals surface area contributed by atoms with Crippen LogP contribution < -0.4 is 0 Å². The van der Waals surface area contributed by atoms with Gasteiger partial charge < -0.3 is 0 Å². The van der Waals surface area contributed by atoms with Gasteiger partial charge in [0.05, 0.1) is 10.9 Å². The maximum atomic E-state index is 10.8. The first-order valence-electron chi connectivity index (χ1n) is 5.71. The Bertz CT molecular complexity index is 608. The molecule has 0 fully saturated rings. The smallest absolute Gasteiger partial charge is 0.160 e. The fourth-order valence-corrected chi connectivity index (χ4v) is 3.51. The van der Waals surface area contributed by atoms with Gasteiger partial charge in [-0.2, -0.15) is 0 Å². The van der Waals surface area contributed by atoms with E-state index in [1.807, 2.05) is 18.2 Å². The van der Waals surface area contributed by atoms with Gasteiger partial charge in [-0.15, -0.1) is 11.3 Å². The second-order valence-electron chi connectivity index (χ2n) is 4.56. The van der Waals surface area contributed by atoms with Gasteiger partial charge in [-0.25, -0.2) is 0 Å². The number of fused-ring (bicyclic) bond motifs is 1. The van der Waals surface area contributed by atoms with E-state index in [1.54, 1.807) is 0 Å². The fourth-order valence-electron chi connectivity index (χ4n) is 2.58. The molecule has 0 spiro atoms. The number of aldehydes is 1. The van der Waals surface area contributed by atoms with Crippen molar-refractivity contribution in [3.63, 3.8) is 0 Å². The zero-order valence-corrected chi connectivity index (χ0v) is 11.5. The van der Waals surface area contributed by atoms with Gasteiger partial charge >= 0.3 is 0 Å². The summed E-state index contributed by atoms with van der Waals surface area (Å²) < 4.78 is 0. The molecule has 1 unspecified atom stereocenters. The van der Waals surface area contributed by atoms with Crippen LogP contribution in [0.1, 0.15) is 32.4 Å². The molecular formula is C14H12ClNOS. The Morgan fingerprint density at radius 2 is 2.28 bits per heavy atom. The van der Waals surface area contributed by atoms with Crippen molar-refractivity contribution in [3.8, 4) is 0 Å². The van der Waals surface area contributed by atoms with Gasteiger partial charge in [0.2, 0.25) is 0 Å². The van der Waals surface area contributed by atoms with Gasteiger partial charge in [0.25, 0.3) is 0 Å². The van der Waals surface area contributed by atoms with Crippen molar-refractivity contribution in [2.75, 3.05) is 7.05 Å². The Kier molecular flexibility index (Phi) is 2.98. The maximum Gasteiger partial charge on any atom is 0.160 e. The molecule has 1 aromatic carbocycles. The first-order chi connectivity index (χ1) is 8.69. The molecule has 1 aromatic heterocycles. The first kappa shape index (κ1) is 11.9. The lowest BCUT2D eigenvalue weighted by atomic mass is 10.0. The van der Waals surface area contributed by atoms with E-state index in [9.17, 15) is 4.79 Å². The van der Waals surface area contributed by atoms with Crippen LogP contribution >= 0.6 is 22.9 Å². The minimum atomic E-state index is 0.238.